The molecule has 0 radical (unpaired) electrons. The van der Waals surface area contributed by atoms with Gasteiger partial charge in [-0.15, -0.1) is 0 Å². The standard InChI is InChI=1S/C9H19N/c1-7-5-9(3,4)6-8(2)10-7/h7-8,10H,5-6H2,1-4H3. The van der Waals surface area contributed by atoms with Gasteiger partial charge in [0.25, 0.3) is 0 Å². The normalized spacial score (nSPS) is 39.6. The molecule has 10 heavy (non-hydrogen) atoms. The molecule has 1 nitrogen and oxygen atoms in total. The van der Waals surface area contributed by atoms with E-state index in [1.54, 1.807) is 0 Å². The molecule has 0 aliphatic carbocycles. The molecule has 0 aromatic rings. The number of rotatable bonds is 0. The Bertz CT molecular complexity index is 106. The number of hydrogen-bond acceptors (Lipinski definition) is 1. The third-order valence-electron chi connectivity index (χ3n) is 2.29. The van der Waals surface area contributed by atoms with Crippen molar-refractivity contribution in [1.29, 1.82) is 0 Å². The zero-order valence-electron chi connectivity index (χ0n) is 7.57. The van der Waals surface area contributed by atoms with E-state index < -0.39 is 0 Å². The molecule has 2 unspecified atom stereocenters. The summed E-state index contributed by atoms with van der Waals surface area (Å²) in [5.74, 6) is 0. The fourth-order valence-corrected chi connectivity index (χ4v) is 2.34. The lowest BCUT2D eigenvalue weighted by atomic mass is 9.77. The largest absolute Gasteiger partial charge is 0.312 e. The van der Waals surface area contributed by atoms with Gasteiger partial charge in [0.15, 0.2) is 0 Å². The fourth-order valence-electron chi connectivity index (χ4n) is 2.34. The third kappa shape index (κ3) is 1.98. The van der Waals surface area contributed by atoms with Crippen LogP contribution in [-0.2, 0) is 0 Å². The molecule has 1 heteroatoms. The molecular formula is C9H19N. The molecule has 1 fully saturated rings. The van der Waals surface area contributed by atoms with Crippen LogP contribution in [0.1, 0.15) is 40.5 Å². The first-order valence-electron chi connectivity index (χ1n) is 4.26. The highest BCUT2D eigenvalue weighted by atomic mass is 15.0. The van der Waals surface area contributed by atoms with Crippen LogP contribution in [0.2, 0.25) is 0 Å². The van der Waals surface area contributed by atoms with Gasteiger partial charge in [-0.05, 0) is 32.1 Å². The summed E-state index contributed by atoms with van der Waals surface area (Å²) in [5.41, 5.74) is 0.560. The minimum atomic E-state index is 0.560. The Morgan fingerprint density at radius 3 is 1.80 bits per heavy atom. The van der Waals surface area contributed by atoms with E-state index in [0.717, 1.165) is 0 Å². The third-order valence-corrected chi connectivity index (χ3v) is 2.29. The molecule has 0 bridgehead atoms. The Hall–Kier alpha value is -0.0400. The quantitative estimate of drug-likeness (QED) is 0.545. The predicted molar refractivity (Wildman–Crippen MR) is 45.1 cm³/mol. The number of hydrogen-bond donors (Lipinski definition) is 1. The Balaban J connectivity index is 2.51. The summed E-state index contributed by atoms with van der Waals surface area (Å²) < 4.78 is 0. The van der Waals surface area contributed by atoms with E-state index in [1.807, 2.05) is 0 Å². The van der Waals surface area contributed by atoms with Crippen LogP contribution >= 0.6 is 0 Å². The summed E-state index contributed by atoms with van der Waals surface area (Å²) >= 11 is 0. The van der Waals surface area contributed by atoms with E-state index in [2.05, 4.69) is 33.0 Å². The van der Waals surface area contributed by atoms with Crippen LogP contribution < -0.4 is 5.32 Å². The Morgan fingerprint density at radius 2 is 1.50 bits per heavy atom. The summed E-state index contributed by atoms with van der Waals surface area (Å²) in [7, 11) is 0. The highest BCUT2D eigenvalue weighted by molar-refractivity contribution is 4.85. The summed E-state index contributed by atoms with van der Waals surface area (Å²) in [5, 5.41) is 3.53. The van der Waals surface area contributed by atoms with Crippen molar-refractivity contribution in [1.82, 2.24) is 5.32 Å². The summed E-state index contributed by atoms with van der Waals surface area (Å²) in [6.45, 7) is 9.27. The molecule has 0 aromatic carbocycles. The average molecular weight is 141 g/mol. The van der Waals surface area contributed by atoms with Crippen molar-refractivity contribution in [3.8, 4) is 0 Å². The second-order valence-corrected chi connectivity index (χ2v) is 4.54. The number of piperidine rings is 1. The molecule has 1 N–H and O–H groups in total. The number of nitrogens with one attached hydrogen (secondary N) is 1. The highest BCUT2D eigenvalue weighted by Gasteiger charge is 2.28. The molecule has 60 valence electrons. The maximum atomic E-state index is 3.53. The van der Waals surface area contributed by atoms with Crippen LogP contribution in [0.25, 0.3) is 0 Å². The average Bonchev–Trinajstić information content (AvgIpc) is 1.54. The minimum Gasteiger partial charge on any atom is -0.312 e. The van der Waals surface area contributed by atoms with Crippen molar-refractivity contribution in [3.63, 3.8) is 0 Å². The molecule has 0 amide bonds. The van der Waals surface area contributed by atoms with Crippen molar-refractivity contribution in [2.24, 2.45) is 5.41 Å². The van der Waals surface area contributed by atoms with Gasteiger partial charge in [-0.3, -0.25) is 0 Å². The smallest absolute Gasteiger partial charge is 0.00462 e. The van der Waals surface area contributed by atoms with Crippen LogP contribution in [-0.4, -0.2) is 12.1 Å². The molecule has 0 aromatic heterocycles. The van der Waals surface area contributed by atoms with E-state index in [4.69, 9.17) is 0 Å². The first-order chi connectivity index (χ1) is 4.49. The Kier molecular flexibility index (Phi) is 2.04. The first-order valence-corrected chi connectivity index (χ1v) is 4.26. The molecule has 1 heterocycles. The minimum absolute atomic E-state index is 0.560. The summed E-state index contributed by atoms with van der Waals surface area (Å²) in [4.78, 5) is 0. The second kappa shape index (κ2) is 2.54. The predicted octanol–water partition coefficient (Wildman–Crippen LogP) is 2.17. The van der Waals surface area contributed by atoms with Gasteiger partial charge in [-0.25, -0.2) is 0 Å². The fraction of sp³-hybridized carbons (Fsp3) is 1.00. The van der Waals surface area contributed by atoms with E-state index in [9.17, 15) is 0 Å². The Morgan fingerprint density at radius 1 is 1.10 bits per heavy atom. The highest BCUT2D eigenvalue weighted by Crippen LogP contribution is 2.31. The van der Waals surface area contributed by atoms with Crippen LogP contribution in [0.5, 0.6) is 0 Å². The zero-order valence-corrected chi connectivity index (χ0v) is 7.57. The SMILES string of the molecule is CC1CC(C)(C)CC(C)N1. The second-order valence-electron chi connectivity index (χ2n) is 4.54. The van der Waals surface area contributed by atoms with Gasteiger partial charge in [-0.2, -0.15) is 0 Å². The lowest BCUT2D eigenvalue weighted by molar-refractivity contribution is 0.179. The summed E-state index contributed by atoms with van der Waals surface area (Å²) in [6, 6.07) is 1.41. The van der Waals surface area contributed by atoms with Crippen molar-refractivity contribution in [2.45, 2.75) is 52.6 Å². The Labute approximate surface area is 64.2 Å². The maximum absolute atomic E-state index is 3.53. The molecule has 1 rings (SSSR count). The maximum Gasteiger partial charge on any atom is 0.00462 e. The van der Waals surface area contributed by atoms with Crippen molar-refractivity contribution >= 4 is 0 Å². The van der Waals surface area contributed by atoms with Crippen LogP contribution in [0.3, 0.4) is 0 Å². The van der Waals surface area contributed by atoms with Gasteiger partial charge >= 0.3 is 0 Å². The van der Waals surface area contributed by atoms with Gasteiger partial charge in [0.2, 0.25) is 0 Å². The lowest BCUT2D eigenvalue weighted by Crippen LogP contribution is -2.45. The van der Waals surface area contributed by atoms with Crippen molar-refractivity contribution in [2.75, 3.05) is 0 Å². The van der Waals surface area contributed by atoms with E-state index in [0.29, 0.717) is 17.5 Å². The first kappa shape index (κ1) is 8.06. The van der Waals surface area contributed by atoms with Crippen molar-refractivity contribution in [3.05, 3.63) is 0 Å². The van der Waals surface area contributed by atoms with Gasteiger partial charge in [0.05, 0.1) is 0 Å². The molecule has 0 spiro atoms. The molecular weight excluding hydrogens is 122 g/mol. The summed E-state index contributed by atoms with van der Waals surface area (Å²) in [6.07, 6.45) is 2.63. The van der Waals surface area contributed by atoms with E-state index >= 15 is 0 Å². The van der Waals surface area contributed by atoms with Gasteiger partial charge in [0, 0.05) is 12.1 Å². The van der Waals surface area contributed by atoms with E-state index in [1.165, 1.54) is 12.8 Å². The van der Waals surface area contributed by atoms with Crippen molar-refractivity contribution < 1.29 is 0 Å². The van der Waals surface area contributed by atoms with Crippen LogP contribution in [0, 0.1) is 5.41 Å². The molecule has 1 saturated heterocycles. The van der Waals surface area contributed by atoms with Crippen LogP contribution in [0.15, 0.2) is 0 Å². The van der Waals surface area contributed by atoms with Crippen LogP contribution in [0.4, 0.5) is 0 Å². The molecule has 1 aliphatic heterocycles. The van der Waals surface area contributed by atoms with E-state index in [-0.39, 0.29) is 0 Å². The molecule has 2 atom stereocenters. The van der Waals surface area contributed by atoms with Gasteiger partial charge < -0.3 is 5.32 Å². The van der Waals surface area contributed by atoms with Gasteiger partial charge in [-0.1, -0.05) is 13.8 Å². The van der Waals surface area contributed by atoms with Gasteiger partial charge in [0.1, 0.15) is 0 Å². The monoisotopic (exact) mass is 141 g/mol. The lowest BCUT2D eigenvalue weighted by Gasteiger charge is -2.38. The molecule has 0 saturated carbocycles. The topological polar surface area (TPSA) is 12.0 Å². The zero-order chi connectivity index (χ0) is 7.78. The molecule has 1 aliphatic rings.